The van der Waals surface area contributed by atoms with Crippen LogP contribution in [-0.2, 0) is 20.7 Å². The van der Waals surface area contributed by atoms with Gasteiger partial charge in [-0.25, -0.2) is 9.59 Å². The van der Waals surface area contributed by atoms with Crippen LogP contribution in [0.2, 0.25) is 0 Å². The van der Waals surface area contributed by atoms with Gasteiger partial charge in [0, 0.05) is 6.42 Å². The molecule has 3 aromatic rings. The lowest BCUT2D eigenvalue weighted by atomic mass is 10.0. The van der Waals surface area contributed by atoms with E-state index in [2.05, 4.69) is 4.74 Å². The van der Waals surface area contributed by atoms with Gasteiger partial charge in [-0.2, -0.15) is 5.26 Å². The van der Waals surface area contributed by atoms with Gasteiger partial charge >= 0.3 is 11.9 Å². The van der Waals surface area contributed by atoms with E-state index in [-0.39, 0.29) is 34.6 Å². The van der Waals surface area contributed by atoms with Crippen LogP contribution < -0.4 is 9.47 Å². The predicted molar refractivity (Wildman–Crippen MR) is 135 cm³/mol. The van der Waals surface area contributed by atoms with Crippen molar-refractivity contribution in [1.29, 1.82) is 5.26 Å². The van der Waals surface area contributed by atoms with Crippen molar-refractivity contribution < 1.29 is 33.4 Å². The minimum absolute atomic E-state index is 0.0286. The van der Waals surface area contributed by atoms with Gasteiger partial charge in [0.25, 0.3) is 11.8 Å². The number of methoxy groups -OCH3 is 2. The predicted octanol–water partition coefficient (Wildman–Crippen LogP) is 3.59. The van der Waals surface area contributed by atoms with Crippen LogP contribution in [0.4, 0.5) is 0 Å². The van der Waals surface area contributed by atoms with Crippen LogP contribution >= 0.6 is 0 Å². The molecule has 0 N–H and O–H groups in total. The zero-order valence-electron chi connectivity index (χ0n) is 20.5. The summed E-state index contributed by atoms with van der Waals surface area (Å²) in [5.74, 6) is -2.63. The highest BCUT2D eigenvalue weighted by Crippen LogP contribution is 2.31. The first kappa shape index (κ1) is 25.9. The molecule has 1 atom stereocenters. The van der Waals surface area contributed by atoms with Crippen LogP contribution in [0, 0.1) is 11.3 Å². The van der Waals surface area contributed by atoms with Gasteiger partial charge in [0.15, 0.2) is 11.5 Å². The van der Waals surface area contributed by atoms with E-state index in [4.69, 9.17) is 9.47 Å². The summed E-state index contributed by atoms with van der Waals surface area (Å²) in [6, 6.07) is 20.3. The molecule has 3 aromatic carbocycles. The molecule has 1 aliphatic heterocycles. The Morgan fingerprint density at radius 3 is 2.13 bits per heavy atom. The van der Waals surface area contributed by atoms with E-state index in [1.807, 2.05) is 6.07 Å². The second kappa shape index (κ2) is 11.2. The van der Waals surface area contributed by atoms with Gasteiger partial charge in [0.1, 0.15) is 17.7 Å². The lowest BCUT2D eigenvalue weighted by Gasteiger charge is -2.25. The molecule has 0 radical (unpaired) electrons. The average Bonchev–Trinajstić information content (AvgIpc) is 3.20. The Bertz CT molecular complexity index is 1450. The second-order valence-corrected chi connectivity index (χ2v) is 8.22. The Balaban J connectivity index is 1.66. The standard InChI is InChI=1S/C29H22N2O7/c1-36-25-16-19(14-20(17-30)28(34)37-2)12-13-24(25)38-29(35)23(15-18-8-4-3-5-9-18)31-26(32)21-10-6-7-11-22(21)27(31)33/h3-14,16,23H,15H2,1-2H3. The highest BCUT2D eigenvalue weighted by Gasteiger charge is 2.43. The smallest absolute Gasteiger partial charge is 0.348 e. The molecule has 4 rings (SSSR count). The molecule has 0 saturated carbocycles. The van der Waals surface area contributed by atoms with Crippen molar-refractivity contribution >= 4 is 29.8 Å². The number of carbonyl (C=O) groups is 4. The first-order valence-corrected chi connectivity index (χ1v) is 11.5. The first-order valence-electron chi connectivity index (χ1n) is 11.5. The van der Waals surface area contributed by atoms with Crippen molar-refractivity contribution in [3.63, 3.8) is 0 Å². The summed E-state index contributed by atoms with van der Waals surface area (Å²) >= 11 is 0. The second-order valence-electron chi connectivity index (χ2n) is 8.22. The molecule has 0 aromatic heterocycles. The fourth-order valence-corrected chi connectivity index (χ4v) is 4.06. The van der Waals surface area contributed by atoms with Crippen molar-refractivity contribution in [3.05, 3.63) is 101 Å². The van der Waals surface area contributed by atoms with Gasteiger partial charge in [-0.3, -0.25) is 14.5 Å². The number of amides is 2. The number of hydrogen-bond acceptors (Lipinski definition) is 8. The number of hydrogen-bond donors (Lipinski definition) is 0. The average molecular weight is 511 g/mol. The summed E-state index contributed by atoms with van der Waals surface area (Å²) in [6.07, 6.45) is 1.34. The molecule has 38 heavy (non-hydrogen) atoms. The first-order chi connectivity index (χ1) is 18.4. The van der Waals surface area contributed by atoms with Gasteiger partial charge in [0.05, 0.1) is 25.3 Å². The molecule has 9 heteroatoms. The van der Waals surface area contributed by atoms with E-state index in [1.165, 1.54) is 31.4 Å². The van der Waals surface area contributed by atoms with Crippen LogP contribution in [0.15, 0.2) is 78.4 Å². The van der Waals surface area contributed by atoms with Gasteiger partial charge < -0.3 is 14.2 Å². The highest BCUT2D eigenvalue weighted by atomic mass is 16.6. The third-order valence-corrected chi connectivity index (χ3v) is 5.92. The molecular formula is C29H22N2O7. The topological polar surface area (TPSA) is 123 Å². The Morgan fingerprint density at radius 2 is 1.55 bits per heavy atom. The maximum absolute atomic E-state index is 13.5. The number of ether oxygens (including phenoxy) is 3. The third kappa shape index (κ3) is 5.15. The van der Waals surface area contributed by atoms with E-state index < -0.39 is 29.8 Å². The zero-order valence-corrected chi connectivity index (χ0v) is 20.5. The number of nitriles is 1. The molecule has 1 unspecified atom stereocenters. The molecule has 190 valence electrons. The molecule has 1 heterocycles. The van der Waals surface area contributed by atoms with Crippen LogP contribution in [0.25, 0.3) is 6.08 Å². The Morgan fingerprint density at radius 1 is 0.921 bits per heavy atom. The summed E-state index contributed by atoms with van der Waals surface area (Å²) in [4.78, 5) is 52.5. The van der Waals surface area contributed by atoms with E-state index in [0.717, 1.165) is 17.6 Å². The Kier molecular flexibility index (Phi) is 7.63. The summed E-state index contributed by atoms with van der Waals surface area (Å²) in [5, 5.41) is 9.20. The molecule has 9 nitrogen and oxygen atoms in total. The van der Waals surface area contributed by atoms with E-state index >= 15 is 0 Å². The minimum Gasteiger partial charge on any atom is -0.493 e. The highest BCUT2D eigenvalue weighted by molar-refractivity contribution is 6.22. The fourth-order valence-electron chi connectivity index (χ4n) is 4.06. The number of benzene rings is 3. The monoisotopic (exact) mass is 510 g/mol. The van der Waals surface area contributed by atoms with Gasteiger partial charge in [-0.05, 0) is 41.5 Å². The van der Waals surface area contributed by atoms with Crippen LogP contribution in [0.3, 0.4) is 0 Å². The maximum Gasteiger partial charge on any atom is 0.348 e. The van der Waals surface area contributed by atoms with Gasteiger partial charge in [-0.15, -0.1) is 0 Å². The summed E-state index contributed by atoms with van der Waals surface area (Å²) in [6.45, 7) is 0. The van der Waals surface area contributed by atoms with Crippen molar-refractivity contribution in [2.75, 3.05) is 14.2 Å². The van der Waals surface area contributed by atoms with Crippen LogP contribution in [-0.4, -0.2) is 48.9 Å². The van der Waals surface area contributed by atoms with Crippen molar-refractivity contribution in [2.24, 2.45) is 0 Å². The third-order valence-electron chi connectivity index (χ3n) is 5.92. The number of carbonyl (C=O) groups excluding carboxylic acids is 4. The molecule has 2 amide bonds. The summed E-state index contributed by atoms with van der Waals surface area (Å²) in [5.41, 5.74) is 1.36. The maximum atomic E-state index is 13.5. The normalized spacial score (nSPS) is 13.4. The van der Waals surface area contributed by atoms with Gasteiger partial charge in [-0.1, -0.05) is 48.5 Å². The largest absolute Gasteiger partial charge is 0.493 e. The molecule has 0 aliphatic carbocycles. The van der Waals surface area contributed by atoms with E-state index in [9.17, 15) is 24.4 Å². The van der Waals surface area contributed by atoms with Crippen molar-refractivity contribution in [1.82, 2.24) is 4.90 Å². The SMILES string of the molecule is COC(=O)C(C#N)=Cc1ccc(OC(=O)C(Cc2ccccc2)N2C(=O)c3ccccc3C2=O)c(OC)c1. The molecule has 0 saturated heterocycles. The number of rotatable bonds is 8. The van der Waals surface area contributed by atoms with Crippen LogP contribution in [0.1, 0.15) is 31.8 Å². The van der Waals surface area contributed by atoms with Crippen molar-refractivity contribution in [3.8, 4) is 17.6 Å². The number of imide groups is 1. The zero-order chi connectivity index (χ0) is 27.2. The molecular weight excluding hydrogens is 488 g/mol. The summed E-state index contributed by atoms with van der Waals surface area (Å²) < 4.78 is 15.6. The number of fused-ring (bicyclic) bond motifs is 1. The molecule has 0 spiro atoms. The minimum atomic E-state index is -1.25. The van der Waals surface area contributed by atoms with E-state index in [0.29, 0.717) is 5.56 Å². The number of esters is 2. The summed E-state index contributed by atoms with van der Waals surface area (Å²) in [7, 11) is 2.52. The Labute approximate surface area is 218 Å². The molecule has 1 aliphatic rings. The van der Waals surface area contributed by atoms with Crippen LogP contribution in [0.5, 0.6) is 11.5 Å². The molecule has 0 fully saturated rings. The Hall–Kier alpha value is -5.23. The lowest BCUT2D eigenvalue weighted by molar-refractivity contribution is -0.139. The quantitative estimate of drug-likeness (QED) is 0.148. The molecule has 0 bridgehead atoms. The fraction of sp³-hybridized carbons (Fsp3) is 0.138. The lowest BCUT2D eigenvalue weighted by Crippen LogP contribution is -2.48. The van der Waals surface area contributed by atoms with Crippen molar-refractivity contribution in [2.45, 2.75) is 12.5 Å². The van der Waals surface area contributed by atoms with Gasteiger partial charge in [0.2, 0.25) is 0 Å². The van der Waals surface area contributed by atoms with E-state index in [1.54, 1.807) is 54.6 Å². The number of nitrogens with zero attached hydrogens (tertiary/aromatic N) is 2.